The fraction of sp³-hybridized carbons (Fsp3) is 0. The Bertz CT molecular complexity index is 520. The maximum Gasteiger partial charge on any atom is 0.259 e. The van der Waals surface area contributed by atoms with Crippen molar-refractivity contribution in [1.29, 1.82) is 0 Å². The highest BCUT2D eigenvalue weighted by Gasteiger charge is 1.99. The quantitative estimate of drug-likeness (QED) is 0.673. The summed E-state index contributed by atoms with van der Waals surface area (Å²) in [6, 6.07) is 5.47. The zero-order valence-electron chi connectivity index (χ0n) is 6.49. The molecule has 13 heavy (non-hydrogen) atoms. The van der Waals surface area contributed by atoms with Crippen molar-refractivity contribution in [3.05, 3.63) is 39.8 Å². The van der Waals surface area contributed by atoms with Crippen LogP contribution in [0.1, 0.15) is 0 Å². The van der Waals surface area contributed by atoms with Crippen molar-refractivity contribution in [1.82, 2.24) is 9.38 Å². The predicted molar refractivity (Wildman–Crippen MR) is 49.7 cm³/mol. The third kappa shape index (κ3) is 1.36. The SMILES string of the molecule is Nc1cc(=O)n2cc(Cl)[c]cc2n1. The van der Waals surface area contributed by atoms with Crippen LogP contribution in [-0.2, 0) is 0 Å². The number of halogens is 1. The van der Waals surface area contributed by atoms with Gasteiger partial charge in [0.1, 0.15) is 11.5 Å². The summed E-state index contributed by atoms with van der Waals surface area (Å²) in [4.78, 5) is 15.3. The lowest BCUT2D eigenvalue weighted by Gasteiger charge is -1.99. The molecule has 1 radical (unpaired) electrons. The van der Waals surface area contributed by atoms with Crippen molar-refractivity contribution in [2.75, 3.05) is 5.73 Å². The standard InChI is InChI=1S/C8H5ClN3O/c9-5-1-2-7-11-6(10)3-8(13)12(7)4-5/h2-4H,10H2. The number of nitrogen functional groups attached to an aromatic ring is 1. The van der Waals surface area contributed by atoms with Crippen LogP contribution in [0.15, 0.2) is 23.1 Å². The van der Waals surface area contributed by atoms with Gasteiger partial charge in [-0.05, 0) is 6.07 Å². The van der Waals surface area contributed by atoms with E-state index in [1.807, 2.05) is 0 Å². The molecule has 0 saturated carbocycles. The normalized spacial score (nSPS) is 10.5. The fourth-order valence-corrected chi connectivity index (χ4v) is 1.20. The fourth-order valence-electron chi connectivity index (χ4n) is 1.04. The van der Waals surface area contributed by atoms with Crippen LogP contribution in [0.2, 0.25) is 5.02 Å². The van der Waals surface area contributed by atoms with Crippen molar-refractivity contribution >= 4 is 23.1 Å². The Balaban J connectivity index is 2.95. The molecule has 0 aliphatic carbocycles. The van der Waals surface area contributed by atoms with Crippen molar-refractivity contribution in [3.63, 3.8) is 0 Å². The van der Waals surface area contributed by atoms with E-state index in [0.717, 1.165) is 0 Å². The number of nitrogens with two attached hydrogens (primary N) is 1. The molecule has 2 aromatic rings. The number of aromatic nitrogens is 2. The zero-order valence-corrected chi connectivity index (χ0v) is 7.25. The van der Waals surface area contributed by atoms with Gasteiger partial charge >= 0.3 is 0 Å². The molecule has 0 aromatic carbocycles. The Labute approximate surface area is 78.6 Å². The van der Waals surface area contributed by atoms with E-state index in [4.69, 9.17) is 17.3 Å². The number of fused-ring (bicyclic) bond motifs is 1. The minimum Gasteiger partial charge on any atom is -0.383 e. The number of rotatable bonds is 0. The third-order valence-electron chi connectivity index (χ3n) is 1.58. The van der Waals surface area contributed by atoms with Gasteiger partial charge in [-0.1, -0.05) is 11.6 Å². The van der Waals surface area contributed by atoms with Crippen LogP contribution in [-0.4, -0.2) is 9.38 Å². The van der Waals surface area contributed by atoms with Crippen molar-refractivity contribution < 1.29 is 0 Å². The van der Waals surface area contributed by atoms with Gasteiger partial charge in [-0.15, -0.1) is 0 Å². The molecule has 2 aromatic heterocycles. The average molecular weight is 195 g/mol. The molecule has 0 unspecified atom stereocenters. The van der Waals surface area contributed by atoms with Crippen LogP contribution in [0, 0.1) is 6.07 Å². The summed E-state index contributed by atoms with van der Waals surface area (Å²) >= 11 is 5.66. The summed E-state index contributed by atoms with van der Waals surface area (Å²) in [5, 5.41) is 0.362. The number of hydrogen-bond acceptors (Lipinski definition) is 3. The highest BCUT2D eigenvalue weighted by atomic mass is 35.5. The molecule has 0 aliphatic heterocycles. The predicted octanol–water partition coefficient (Wildman–Crippen LogP) is 0.730. The lowest BCUT2D eigenvalue weighted by molar-refractivity contribution is 1.05. The van der Waals surface area contributed by atoms with Gasteiger partial charge in [0, 0.05) is 18.3 Å². The maximum absolute atomic E-state index is 11.3. The Morgan fingerprint density at radius 2 is 2.38 bits per heavy atom. The lowest BCUT2D eigenvalue weighted by atomic mass is 10.4. The van der Waals surface area contributed by atoms with E-state index in [2.05, 4.69) is 11.1 Å². The van der Waals surface area contributed by atoms with E-state index in [1.54, 1.807) is 0 Å². The molecule has 0 bridgehead atoms. The molecule has 0 fully saturated rings. The molecule has 2 rings (SSSR count). The van der Waals surface area contributed by atoms with Crippen molar-refractivity contribution in [2.24, 2.45) is 0 Å². The second kappa shape index (κ2) is 2.74. The van der Waals surface area contributed by atoms with Crippen molar-refractivity contribution in [2.45, 2.75) is 0 Å². The minimum absolute atomic E-state index is 0.195. The highest BCUT2D eigenvalue weighted by molar-refractivity contribution is 6.30. The van der Waals surface area contributed by atoms with Gasteiger partial charge in [-0.2, -0.15) is 0 Å². The molecule has 4 nitrogen and oxygen atoms in total. The van der Waals surface area contributed by atoms with Crippen LogP contribution >= 0.6 is 11.6 Å². The number of pyridine rings is 1. The number of hydrogen-bond donors (Lipinski definition) is 1. The first-order valence-electron chi connectivity index (χ1n) is 3.53. The summed E-state index contributed by atoms with van der Waals surface area (Å²) in [6.07, 6.45) is 1.45. The van der Waals surface area contributed by atoms with Crippen LogP contribution in [0.5, 0.6) is 0 Å². The van der Waals surface area contributed by atoms with E-state index in [1.165, 1.54) is 22.7 Å². The lowest BCUT2D eigenvalue weighted by Crippen LogP contribution is -2.14. The molecule has 2 N–H and O–H groups in total. The molecule has 0 spiro atoms. The van der Waals surface area contributed by atoms with Crippen molar-refractivity contribution in [3.8, 4) is 0 Å². The first-order valence-corrected chi connectivity index (χ1v) is 3.91. The first-order chi connectivity index (χ1) is 6.16. The molecule has 65 valence electrons. The minimum atomic E-state index is -0.251. The molecule has 0 saturated heterocycles. The molecule has 2 heterocycles. The Morgan fingerprint density at radius 3 is 3.15 bits per heavy atom. The molecule has 0 aliphatic rings. The number of anilines is 1. The highest BCUT2D eigenvalue weighted by Crippen LogP contribution is 2.07. The Morgan fingerprint density at radius 1 is 1.62 bits per heavy atom. The van der Waals surface area contributed by atoms with E-state index in [9.17, 15) is 4.79 Å². The largest absolute Gasteiger partial charge is 0.383 e. The zero-order chi connectivity index (χ0) is 9.42. The summed E-state index contributed by atoms with van der Waals surface area (Å²) in [5.74, 6) is 0.195. The van der Waals surface area contributed by atoms with Crippen LogP contribution < -0.4 is 11.3 Å². The Kier molecular flexibility index (Phi) is 1.70. The van der Waals surface area contributed by atoms with E-state index in [-0.39, 0.29) is 11.4 Å². The second-order valence-electron chi connectivity index (χ2n) is 2.51. The van der Waals surface area contributed by atoms with E-state index >= 15 is 0 Å². The summed E-state index contributed by atoms with van der Waals surface area (Å²) in [6.45, 7) is 0. The third-order valence-corrected chi connectivity index (χ3v) is 1.79. The van der Waals surface area contributed by atoms with Gasteiger partial charge in [-0.25, -0.2) is 4.98 Å². The van der Waals surface area contributed by atoms with E-state index in [0.29, 0.717) is 10.7 Å². The number of nitrogens with zero attached hydrogens (tertiary/aromatic N) is 2. The summed E-state index contributed by atoms with van der Waals surface area (Å²) in [5.41, 5.74) is 5.58. The van der Waals surface area contributed by atoms with Crippen LogP contribution in [0.4, 0.5) is 5.82 Å². The topological polar surface area (TPSA) is 60.4 Å². The molecular weight excluding hydrogens is 190 g/mol. The van der Waals surface area contributed by atoms with Gasteiger partial charge in [-0.3, -0.25) is 9.20 Å². The smallest absolute Gasteiger partial charge is 0.259 e. The van der Waals surface area contributed by atoms with Crippen LogP contribution in [0.3, 0.4) is 0 Å². The van der Waals surface area contributed by atoms with Gasteiger partial charge in [0.25, 0.3) is 5.56 Å². The summed E-state index contributed by atoms with van der Waals surface area (Å²) < 4.78 is 1.31. The van der Waals surface area contributed by atoms with Gasteiger partial charge in [0.2, 0.25) is 0 Å². The molecule has 0 amide bonds. The van der Waals surface area contributed by atoms with Gasteiger partial charge in [0.15, 0.2) is 0 Å². The Hall–Kier alpha value is -1.55. The molecule has 5 heteroatoms. The van der Waals surface area contributed by atoms with Gasteiger partial charge < -0.3 is 5.73 Å². The van der Waals surface area contributed by atoms with Gasteiger partial charge in [0.05, 0.1) is 5.02 Å². The second-order valence-corrected chi connectivity index (χ2v) is 2.92. The van der Waals surface area contributed by atoms with E-state index < -0.39 is 0 Å². The summed E-state index contributed by atoms with van der Waals surface area (Å²) in [7, 11) is 0. The molecular formula is C8H5ClN3O. The van der Waals surface area contributed by atoms with Crippen LogP contribution in [0.25, 0.3) is 5.65 Å². The molecule has 0 atom stereocenters. The first kappa shape index (κ1) is 8.07. The maximum atomic E-state index is 11.3. The monoisotopic (exact) mass is 194 g/mol. The average Bonchev–Trinajstić information content (AvgIpc) is 2.06.